The van der Waals surface area contributed by atoms with Gasteiger partial charge >= 0.3 is 0 Å². The van der Waals surface area contributed by atoms with E-state index in [1.54, 1.807) is 0 Å². The molecular formula is C18H27N5O2. The van der Waals surface area contributed by atoms with Crippen LogP contribution in [0.2, 0.25) is 0 Å². The van der Waals surface area contributed by atoms with E-state index in [9.17, 15) is 9.59 Å². The van der Waals surface area contributed by atoms with Crippen LogP contribution < -0.4 is 10.6 Å². The summed E-state index contributed by atoms with van der Waals surface area (Å²) >= 11 is 0. The number of anilines is 1. The van der Waals surface area contributed by atoms with Crippen molar-refractivity contribution in [1.29, 1.82) is 0 Å². The Kier molecular flexibility index (Phi) is 5.53. The quantitative estimate of drug-likeness (QED) is 0.845. The van der Waals surface area contributed by atoms with E-state index in [0.717, 1.165) is 51.1 Å². The van der Waals surface area contributed by atoms with Gasteiger partial charge in [0.05, 0.1) is 12.5 Å². The molecule has 0 radical (unpaired) electrons. The molecule has 2 aliphatic rings. The molecule has 136 valence electrons. The summed E-state index contributed by atoms with van der Waals surface area (Å²) in [5.41, 5.74) is 7.65. The number of hydrogen-bond donors (Lipinski definition) is 1. The number of piperazine rings is 1. The lowest BCUT2D eigenvalue weighted by molar-refractivity contribution is -0.138. The lowest BCUT2D eigenvalue weighted by Gasteiger charge is -2.39. The molecule has 25 heavy (non-hydrogen) atoms. The van der Waals surface area contributed by atoms with Crippen molar-refractivity contribution in [2.24, 2.45) is 11.7 Å². The standard InChI is InChI=1S/C18H27N5O2/c1-14-11-20-5-4-16(14)22-7-9-23(10-8-22)18(25)15-3-2-6-21(12-15)13-17(19)24/h4-5,11,15H,2-3,6-10,12-13H2,1H3,(H2,19,24). The van der Waals surface area contributed by atoms with Crippen LogP contribution in [0.1, 0.15) is 18.4 Å². The summed E-state index contributed by atoms with van der Waals surface area (Å²) in [6, 6.07) is 2.04. The molecule has 3 rings (SSSR count). The molecule has 3 heterocycles. The van der Waals surface area contributed by atoms with Gasteiger partial charge in [-0.2, -0.15) is 0 Å². The molecule has 0 bridgehead atoms. The fourth-order valence-electron chi connectivity index (χ4n) is 3.87. The molecular weight excluding hydrogens is 318 g/mol. The van der Waals surface area contributed by atoms with Crippen molar-refractivity contribution in [1.82, 2.24) is 14.8 Å². The van der Waals surface area contributed by atoms with Crippen molar-refractivity contribution in [2.45, 2.75) is 19.8 Å². The Morgan fingerprint density at radius 1 is 1.24 bits per heavy atom. The van der Waals surface area contributed by atoms with Gasteiger partial charge in [-0.05, 0) is 37.9 Å². The monoisotopic (exact) mass is 345 g/mol. The average molecular weight is 345 g/mol. The van der Waals surface area contributed by atoms with Crippen LogP contribution in [-0.4, -0.2) is 72.4 Å². The number of nitrogens with zero attached hydrogens (tertiary/aromatic N) is 4. The lowest BCUT2D eigenvalue weighted by atomic mass is 9.96. The summed E-state index contributed by atoms with van der Waals surface area (Å²) in [5, 5.41) is 0. The number of aryl methyl sites for hydroxylation is 1. The van der Waals surface area contributed by atoms with Crippen LogP contribution in [0.15, 0.2) is 18.5 Å². The molecule has 1 unspecified atom stereocenters. The average Bonchev–Trinajstić information content (AvgIpc) is 2.61. The zero-order valence-corrected chi connectivity index (χ0v) is 14.9. The maximum atomic E-state index is 12.8. The predicted octanol–water partition coefficient (Wildman–Crippen LogP) is 0.236. The minimum absolute atomic E-state index is 0.0117. The first kappa shape index (κ1) is 17.7. The molecule has 0 spiro atoms. The van der Waals surface area contributed by atoms with Crippen LogP contribution in [0.5, 0.6) is 0 Å². The Labute approximate surface area is 148 Å². The molecule has 2 N–H and O–H groups in total. The number of rotatable bonds is 4. The van der Waals surface area contributed by atoms with Gasteiger partial charge in [-0.3, -0.25) is 19.5 Å². The second-order valence-corrected chi connectivity index (χ2v) is 7.02. The minimum atomic E-state index is -0.325. The molecule has 7 nitrogen and oxygen atoms in total. The number of amides is 2. The Hall–Kier alpha value is -2.15. The van der Waals surface area contributed by atoms with Gasteiger partial charge in [0.1, 0.15) is 0 Å². The van der Waals surface area contributed by atoms with Gasteiger partial charge in [-0.15, -0.1) is 0 Å². The minimum Gasteiger partial charge on any atom is -0.369 e. The molecule has 1 aromatic rings. The summed E-state index contributed by atoms with van der Waals surface area (Å²) in [6.45, 7) is 6.98. The van der Waals surface area contributed by atoms with E-state index in [1.807, 2.05) is 28.3 Å². The van der Waals surface area contributed by atoms with Crippen LogP contribution in [0.3, 0.4) is 0 Å². The van der Waals surface area contributed by atoms with Gasteiger partial charge in [0.15, 0.2) is 0 Å². The van der Waals surface area contributed by atoms with Crippen molar-refractivity contribution < 1.29 is 9.59 Å². The third-order valence-corrected chi connectivity index (χ3v) is 5.16. The van der Waals surface area contributed by atoms with Gasteiger partial charge in [0.25, 0.3) is 0 Å². The van der Waals surface area contributed by atoms with E-state index in [0.29, 0.717) is 6.54 Å². The van der Waals surface area contributed by atoms with Crippen molar-refractivity contribution in [3.63, 3.8) is 0 Å². The highest BCUT2D eigenvalue weighted by atomic mass is 16.2. The number of carbonyl (C=O) groups excluding carboxylic acids is 2. The third kappa shape index (κ3) is 4.28. The summed E-state index contributed by atoms with van der Waals surface area (Å²) < 4.78 is 0. The second kappa shape index (κ2) is 7.82. The SMILES string of the molecule is Cc1cnccc1N1CCN(C(=O)C2CCCN(CC(N)=O)C2)CC1. The Morgan fingerprint density at radius 2 is 2.00 bits per heavy atom. The zero-order valence-electron chi connectivity index (χ0n) is 14.9. The Bertz CT molecular complexity index is 628. The van der Waals surface area contributed by atoms with Crippen molar-refractivity contribution in [3.05, 3.63) is 24.0 Å². The van der Waals surface area contributed by atoms with Gasteiger partial charge in [0.2, 0.25) is 11.8 Å². The highest BCUT2D eigenvalue weighted by Crippen LogP contribution is 2.22. The number of primary amides is 1. The van der Waals surface area contributed by atoms with Crippen LogP contribution in [0.25, 0.3) is 0 Å². The summed E-state index contributed by atoms with van der Waals surface area (Å²) in [5.74, 6) is -0.114. The number of pyridine rings is 1. The Balaban J connectivity index is 1.54. The lowest BCUT2D eigenvalue weighted by Crippen LogP contribution is -2.53. The number of likely N-dealkylation sites (tertiary alicyclic amines) is 1. The first-order chi connectivity index (χ1) is 12.0. The van der Waals surface area contributed by atoms with Crippen LogP contribution in [0.4, 0.5) is 5.69 Å². The summed E-state index contributed by atoms with van der Waals surface area (Å²) in [4.78, 5) is 34.4. The number of nitrogens with two attached hydrogens (primary N) is 1. The van der Waals surface area contributed by atoms with Crippen molar-refractivity contribution in [2.75, 3.05) is 50.7 Å². The molecule has 0 aliphatic carbocycles. The number of piperidine rings is 1. The van der Waals surface area contributed by atoms with Crippen molar-refractivity contribution >= 4 is 17.5 Å². The number of hydrogen-bond acceptors (Lipinski definition) is 5. The fourth-order valence-corrected chi connectivity index (χ4v) is 3.87. The van der Waals surface area contributed by atoms with Gasteiger partial charge in [0, 0.05) is 50.8 Å². The topological polar surface area (TPSA) is 82.8 Å². The molecule has 2 aliphatic heterocycles. The number of carbonyl (C=O) groups is 2. The highest BCUT2D eigenvalue weighted by molar-refractivity contribution is 5.80. The van der Waals surface area contributed by atoms with Crippen molar-refractivity contribution in [3.8, 4) is 0 Å². The molecule has 2 saturated heterocycles. The Morgan fingerprint density at radius 3 is 2.68 bits per heavy atom. The molecule has 1 aromatic heterocycles. The van der Waals surface area contributed by atoms with E-state index in [-0.39, 0.29) is 24.3 Å². The first-order valence-corrected chi connectivity index (χ1v) is 8.99. The van der Waals surface area contributed by atoms with Crippen LogP contribution >= 0.6 is 0 Å². The molecule has 0 saturated carbocycles. The van der Waals surface area contributed by atoms with E-state index < -0.39 is 0 Å². The van der Waals surface area contributed by atoms with Crippen LogP contribution in [0, 0.1) is 12.8 Å². The summed E-state index contributed by atoms with van der Waals surface area (Å²) in [6.07, 6.45) is 5.54. The normalized spacial score (nSPS) is 22.0. The highest BCUT2D eigenvalue weighted by Gasteiger charge is 2.31. The number of aromatic nitrogens is 1. The maximum absolute atomic E-state index is 12.8. The van der Waals surface area contributed by atoms with E-state index in [1.165, 1.54) is 5.69 Å². The molecule has 1 atom stereocenters. The van der Waals surface area contributed by atoms with E-state index in [4.69, 9.17) is 5.73 Å². The summed E-state index contributed by atoms with van der Waals surface area (Å²) in [7, 11) is 0. The third-order valence-electron chi connectivity index (χ3n) is 5.16. The molecule has 0 aromatic carbocycles. The van der Waals surface area contributed by atoms with E-state index in [2.05, 4.69) is 16.8 Å². The molecule has 2 amide bonds. The van der Waals surface area contributed by atoms with E-state index >= 15 is 0 Å². The zero-order chi connectivity index (χ0) is 17.8. The smallest absolute Gasteiger partial charge is 0.231 e. The van der Waals surface area contributed by atoms with Gasteiger partial charge in [-0.25, -0.2) is 0 Å². The van der Waals surface area contributed by atoms with Gasteiger partial charge in [-0.1, -0.05) is 0 Å². The van der Waals surface area contributed by atoms with Crippen LogP contribution in [-0.2, 0) is 9.59 Å². The second-order valence-electron chi connectivity index (χ2n) is 7.02. The van der Waals surface area contributed by atoms with Gasteiger partial charge < -0.3 is 15.5 Å². The molecule has 7 heteroatoms. The predicted molar refractivity (Wildman–Crippen MR) is 96.1 cm³/mol. The molecule has 2 fully saturated rings. The maximum Gasteiger partial charge on any atom is 0.231 e. The largest absolute Gasteiger partial charge is 0.369 e. The first-order valence-electron chi connectivity index (χ1n) is 8.99. The fraction of sp³-hybridized carbons (Fsp3) is 0.611.